The van der Waals surface area contributed by atoms with Crippen LogP contribution in [0.25, 0.3) is 5.82 Å². The maximum atomic E-state index is 12.9. The van der Waals surface area contributed by atoms with E-state index in [1.807, 2.05) is 32.9 Å². The van der Waals surface area contributed by atoms with Gasteiger partial charge < -0.3 is 10.6 Å². The van der Waals surface area contributed by atoms with E-state index in [-0.39, 0.29) is 18.1 Å². The van der Waals surface area contributed by atoms with Crippen LogP contribution in [-0.2, 0) is 11.2 Å². The lowest BCUT2D eigenvalue weighted by Crippen LogP contribution is -2.30. The number of benzene rings is 1. The summed E-state index contributed by atoms with van der Waals surface area (Å²) in [7, 11) is 0. The van der Waals surface area contributed by atoms with E-state index >= 15 is 0 Å². The molecule has 8 heteroatoms. The summed E-state index contributed by atoms with van der Waals surface area (Å²) >= 11 is 0. The molecule has 2 heterocycles. The smallest absolute Gasteiger partial charge is 0.224 e. The first-order chi connectivity index (χ1) is 13.4. The molecular formula is C20H23FN6O. The molecule has 0 spiro atoms. The van der Waals surface area contributed by atoms with Gasteiger partial charge in [-0.15, -0.1) is 0 Å². The molecule has 0 aliphatic carbocycles. The second-order valence-electron chi connectivity index (χ2n) is 6.58. The van der Waals surface area contributed by atoms with Crippen LogP contribution in [0.5, 0.6) is 0 Å². The van der Waals surface area contributed by atoms with Gasteiger partial charge in [0.05, 0.1) is 12.1 Å². The summed E-state index contributed by atoms with van der Waals surface area (Å²) in [6, 6.07) is 9.73. The van der Waals surface area contributed by atoms with Crippen LogP contribution in [0.2, 0.25) is 0 Å². The number of carbonyl (C=O) groups is 1. The molecule has 7 nitrogen and oxygen atoms in total. The normalized spacial score (nSPS) is 10.7. The molecule has 0 unspecified atom stereocenters. The molecule has 28 heavy (non-hydrogen) atoms. The monoisotopic (exact) mass is 382 g/mol. The fraction of sp³-hybridized carbons (Fsp3) is 0.300. The van der Waals surface area contributed by atoms with Gasteiger partial charge >= 0.3 is 0 Å². The van der Waals surface area contributed by atoms with Crippen LogP contribution >= 0.6 is 0 Å². The number of aromatic nitrogens is 4. The van der Waals surface area contributed by atoms with Crippen LogP contribution in [0, 0.1) is 26.6 Å². The van der Waals surface area contributed by atoms with E-state index < -0.39 is 0 Å². The van der Waals surface area contributed by atoms with Gasteiger partial charge in [0.25, 0.3) is 0 Å². The standard InChI is InChI=1S/C20H23FN6O/c1-13-10-14(2)27(26-13)19-12-18(24-15(3)25-19)22-8-9-23-20(28)11-16-4-6-17(21)7-5-16/h4-7,10,12H,8-9,11H2,1-3H3,(H,23,28)(H,22,24,25). The SMILES string of the molecule is Cc1cc(C)n(-c2cc(NCCNC(=O)Cc3ccc(F)cc3)nc(C)n2)n1. The predicted molar refractivity (Wildman–Crippen MR) is 105 cm³/mol. The first kappa shape index (κ1) is 19.5. The van der Waals surface area contributed by atoms with E-state index in [4.69, 9.17) is 0 Å². The molecule has 0 aliphatic heterocycles. The molecule has 1 amide bonds. The quantitative estimate of drug-likeness (QED) is 0.614. The zero-order valence-corrected chi connectivity index (χ0v) is 16.2. The Morgan fingerprint density at radius 1 is 1.07 bits per heavy atom. The highest BCUT2D eigenvalue weighted by molar-refractivity contribution is 5.78. The van der Waals surface area contributed by atoms with Crippen molar-refractivity contribution in [3.05, 3.63) is 65.0 Å². The van der Waals surface area contributed by atoms with Gasteiger partial charge in [-0.05, 0) is 44.5 Å². The highest BCUT2D eigenvalue weighted by atomic mass is 19.1. The van der Waals surface area contributed by atoms with Crippen LogP contribution < -0.4 is 10.6 Å². The fourth-order valence-corrected chi connectivity index (χ4v) is 2.85. The molecule has 0 saturated carbocycles. The Morgan fingerprint density at radius 3 is 2.50 bits per heavy atom. The van der Waals surface area contributed by atoms with Crippen molar-refractivity contribution in [2.45, 2.75) is 27.2 Å². The molecule has 0 fully saturated rings. The number of carbonyl (C=O) groups excluding carboxylic acids is 1. The largest absolute Gasteiger partial charge is 0.368 e. The minimum atomic E-state index is -0.312. The summed E-state index contributed by atoms with van der Waals surface area (Å²) in [6.07, 6.45) is 0.217. The Labute approximate surface area is 163 Å². The van der Waals surface area contributed by atoms with E-state index in [1.165, 1.54) is 12.1 Å². The van der Waals surface area contributed by atoms with Crippen molar-refractivity contribution in [3.63, 3.8) is 0 Å². The molecule has 0 saturated heterocycles. The van der Waals surface area contributed by atoms with Crippen molar-refractivity contribution >= 4 is 11.7 Å². The molecule has 2 N–H and O–H groups in total. The summed E-state index contributed by atoms with van der Waals surface area (Å²) in [5, 5.41) is 10.5. The summed E-state index contributed by atoms with van der Waals surface area (Å²) in [5.41, 5.74) is 2.69. The molecule has 2 aromatic heterocycles. The molecule has 3 rings (SSSR count). The van der Waals surface area contributed by atoms with Crippen LogP contribution in [0.15, 0.2) is 36.4 Å². The lowest BCUT2D eigenvalue weighted by molar-refractivity contribution is -0.120. The van der Waals surface area contributed by atoms with Crippen molar-refractivity contribution in [1.29, 1.82) is 0 Å². The van der Waals surface area contributed by atoms with Gasteiger partial charge in [-0.3, -0.25) is 4.79 Å². The number of halogens is 1. The summed E-state index contributed by atoms with van der Waals surface area (Å²) in [4.78, 5) is 20.8. The van der Waals surface area contributed by atoms with Gasteiger partial charge in [0.1, 0.15) is 17.5 Å². The number of nitrogens with zero attached hydrogens (tertiary/aromatic N) is 4. The van der Waals surface area contributed by atoms with Crippen LogP contribution in [0.1, 0.15) is 22.8 Å². The second kappa shape index (κ2) is 8.60. The Balaban J connectivity index is 1.52. The minimum absolute atomic E-state index is 0.115. The van der Waals surface area contributed by atoms with Crippen molar-refractivity contribution in [2.75, 3.05) is 18.4 Å². The fourth-order valence-electron chi connectivity index (χ4n) is 2.85. The number of nitrogens with one attached hydrogen (secondary N) is 2. The van der Waals surface area contributed by atoms with Crippen molar-refractivity contribution < 1.29 is 9.18 Å². The lowest BCUT2D eigenvalue weighted by atomic mass is 10.1. The van der Waals surface area contributed by atoms with Gasteiger partial charge in [-0.2, -0.15) is 5.10 Å². The third-order valence-corrected chi connectivity index (χ3v) is 4.08. The topological polar surface area (TPSA) is 84.7 Å². The third kappa shape index (κ3) is 5.12. The average molecular weight is 382 g/mol. The van der Waals surface area contributed by atoms with Crippen molar-refractivity contribution in [3.8, 4) is 5.82 Å². The summed E-state index contributed by atoms with van der Waals surface area (Å²) in [6.45, 7) is 6.69. The first-order valence-electron chi connectivity index (χ1n) is 9.05. The number of amides is 1. The molecule has 146 valence electrons. The number of rotatable bonds is 7. The second-order valence-corrected chi connectivity index (χ2v) is 6.58. The predicted octanol–water partition coefficient (Wildman–Crippen LogP) is 2.50. The number of hydrogen-bond donors (Lipinski definition) is 2. The lowest BCUT2D eigenvalue weighted by Gasteiger charge is -2.10. The van der Waals surface area contributed by atoms with Gasteiger partial charge in [0.15, 0.2) is 5.82 Å². The molecular weight excluding hydrogens is 359 g/mol. The first-order valence-corrected chi connectivity index (χ1v) is 9.05. The van der Waals surface area contributed by atoms with Gasteiger partial charge in [-0.1, -0.05) is 12.1 Å². The highest BCUT2D eigenvalue weighted by Gasteiger charge is 2.08. The maximum absolute atomic E-state index is 12.9. The molecule has 3 aromatic rings. The average Bonchev–Trinajstić information content (AvgIpc) is 2.98. The van der Waals surface area contributed by atoms with E-state index in [0.717, 1.165) is 17.0 Å². The van der Waals surface area contributed by atoms with Crippen molar-refractivity contribution in [2.24, 2.45) is 0 Å². The Hall–Kier alpha value is -3.29. The van der Waals surface area contributed by atoms with Crippen LogP contribution in [0.3, 0.4) is 0 Å². The zero-order valence-electron chi connectivity index (χ0n) is 16.2. The molecule has 0 radical (unpaired) electrons. The number of hydrogen-bond acceptors (Lipinski definition) is 5. The van der Waals surface area contributed by atoms with Crippen molar-refractivity contribution in [1.82, 2.24) is 25.1 Å². The van der Waals surface area contributed by atoms with E-state index in [0.29, 0.717) is 30.5 Å². The summed E-state index contributed by atoms with van der Waals surface area (Å²) < 4.78 is 14.7. The molecule has 0 aliphatic rings. The van der Waals surface area contributed by atoms with Crippen LogP contribution in [0.4, 0.5) is 10.2 Å². The third-order valence-electron chi connectivity index (χ3n) is 4.08. The number of aryl methyl sites for hydroxylation is 3. The zero-order chi connectivity index (χ0) is 20.1. The minimum Gasteiger partial charge on any atom is -0.368 e. The van der Waals surface area contributed by atoms with E-state index in [9.17, 15) is 9.18 Å². The van der Waals surface area contributed by atoms with Gasteiger partial charge in [-0.25, -0.2) is 19.0 Å². The Morgan fingerprint density at radius 2 is 1.82 bits per heavy atom. The Bertz CT molecular complexity index is 967. The molecule has 0 bridgehead atoms. The molecule has 0 atom stereocenters. The van der Waals surface area contributed by atoms with Gasteiger partial charge in [0, 0.05) is 24.8 Å². The number of anilines is 1. The Kier molecular flexibility index (Phi) is 5.98. The maximum Gasteiger partial charge on any atom is 0.224 e. The van der Waals surface area contributed by atoms with E-state index in [1.54, 1.807) is 16.8 Å². The van der Waals surface area contributed by atoms with E-state index in [2.05, 4.69) is 25.7 Å². The highest BCUT2D eigenvalue weighted by Crippen LogP contribution is 2.13. The summed E-state index contributed by atoms with van der Waals surface area (Å²) in [5.74, 6) is 1.57. The molecule has 1 aromatic carbocycles. The van der Waals surface area contributed by atoms with Gasteiger partial charge in [0.2, 0.25) is 5.91 Å². The van der Waals surface area contributed by atoms with Crippen LogP contribution in [-0.4, -0.2) is 38.7 Å².